The molecule has 2 aromatic carbocycles. The molecule has 3 aromatic rings. The van der Waals surface area contributed by atoms with Gasteiger partial charge in [-0.2, -0.15) is 0 Å². The van der Waals surface area contributed by atoms with Gasteiger partial charge in [0, 0.05) is 21.5 Å². The Hall–Kier alpha value is -1.91. The van der Waals surface area contributed by atoms with Gasteiger partial charge < -0.3 is 4.74 Å². The molecule has 134 valence electrons. The smallest absolute Gasteiger partial charge is 0.173 e. The van der Waals surface area contributed by atoms with Gasteiger partial charge in [0.15, 0.2) is 5.16 Å². The van der Waals surface area contributed by atoms with Crippen LogP contribution in [-0.4, -0.2) is 21.9 Å². The number of benzene rings is 2. The summed E-state index contributed by atoms with van der Waals surface area (Å²) in [6, 6.07) is 16.1. The summed E-state index contributed by atoms with van der Waals surface area (Å²) in [6.07, 6.45) is 7.16. The Morgan fingerprint density at radius 2 is 1.73 bits per heavy atom. The van der Waals surface area contributed by atoms with Crippen molar-refractivity contribution in [1.29, 1.82) is 0 Å². The van der Waals surface area contributed by atoms with E-state index >= 15 is 0 Å². The summed E-state index contributed by atoms with van der Waals surface area (Å²) in [5, 5.41) is 2.45. The SMILES string of the molecule is COc1ccc(-c2cnc(SC3CCCC3)n2-c2ccc(Cl)cc2)cc1. The Kier molecular flexibility index (Phi) is 5.23. The number of thioether (sulfide) groups is 1. The van der Waals surface area contributed by atoms with Crippen molar-refractivity contribution in [3.05, 3.63) is 59.8 Å². The average molecular weight is 385 g/mol. The van der Waals surface area contributed by atoms with E-state index in [4.69, 9.17) is 21.3 Å². The van der Waals surface area contributed by atoms with Gasteiger partial charge in [-0.15, -0.1) is 0 Å². The van der Waals surface area contributed by atoms with Gasteiger partial charge in [0.05, 0.1) is 19.0 Å². The van der Waals surface area contributed by atoms with Crippen LogP contribution in [-0.2, 0) is 0 Å². The highest BCUT2D eigenvalue weighted by Crippen LogP contribution is 2.37. The van der Waals surface area contributed by atoms with Crippen molar-refractivity contribution < 1.29 is 4.74 Å². The maximum atomic E-state index is 6.10. The molecule has 0 radical (unpaired) electrons. The molecule has 0 spiro atoms. The van der Waals surface area contributed by atoms with Crippen LogP contribution in [0.3, 0.4) is 0 Å². The van der Waals surface area contributed by atoms with E-state index < -0.39 is 0 Å². The first kappa shape index (κ1) is 17.5. The molecule has 26 heavy (non-hydrogen) atoms. The lowest BCUT2D eigenvalue weighted by molar-refractivity contribution is 0.415. The van der Waals surface area contributed by atoms with Crippen molar-refractivity contribution in [2.75, 3.05) is 7.11 Å². The van der Waals surface area contributed by atoms with Gasteiger partial charge in [0.1, 0.15) is 5.75 Å². The summed E-state index contributed by atoms with van der Waals surface area (Å²) in [5.41, 5.74) is 3.28. The summed E-state index contributed by atoms with van der Waals surface area (Å²) < 4.78 is 7.52. The van der Waals surface area contributed by atoms with Gasteiger partial charge >= 0.3 is 0 Å². The molecule has 0 amide bonds. The summed E-state index contributed by atoms with van der Waals surface area (Å²) in [7, 11) is 1.68. The largest absolute Gasteiger partial charge is 0.497 e. The second kappa shape index (κ2) is 7.77. The van der Waals surface area contributed by atoms with Crippen LogP contribution in [0, 0.1) is 0 Å². The van der Waals surface area contributed by atoms with E-state index in [-0.39, 0.29) is 0 Å². The predicted octanol–water partition coefficient (Wildman–Crippen LogP) is 6.24. The topological polar surface area (TPSA) is 27.1 Å². The first-order chi connectivity index (χ1) is 12.7. The fraction of sp³-hybridized carbons (Fsp3) is 0.286. The van der Waals surface area contributed by atoms with E-state index in [0.717, 1.165) is 32.9 Å². The quantitative estimate of drug-likeness (QED) is 0.521. The minimum absolute atomic E-state index is 0.659. The highest BCUT2D eigenvalue weighted by molar-refractivity contribution is 7.99. The minimum atomic E-state index is 0.659. The van der Waals surface area contributed by atoms with Crippen LogP contribution in [0.15, 0.2) is 59.9 Å². The van der Waals surface area contributed by atoms with Gasteiger partial charge in [-0.05, 0) is 61.4 Å². The minimum Gasteiger partial charge on any atom is -0.497 e. The van der Waals surface area contributed by atoms with Crippen molar-refractivity contribution in [2.24, 2.45) is 0 Å². The molecule has 1 aromatic heterocycles. The van der Waals surface area contributed by atoms with Crippen LogP contribution in [0.4, 0.5) is 0 Å². The number of nitrogens with zero attached hydrogens (tertiary/aromatic N) is 2. The van der Waals surface area contributed by atoms with Crippen molar-refractivity contribution in [3.63, 3.8) is 0 Å². The number of aromatic nitrogens is 2. The molecule has 0 saturated heterocycles. The third-order valence-electron chi connectivity index (χ3n) is 4.77. The van der Waals surface area contributed by atoms with Crippen LogP contribution >= 0.6 is 23.4 Å². The standard InChI is InChI=1S/C21H21ClN2OS/c1-25-18-12-6-15(7-13-18)20-14-23-21(26-19-4-2-3-5-19)24(20)17-10-8-16(22)9-11-17/h6-14,19H,2-5H2,1H3. The maximum absolute atomic E-state index is 6.10. The summed E-state index contributed by atoms with van der Waals surface area (Å²) in [4.78, 5) is 4.76. The molecule has 0 N–H and O–H groups in total. The Morgan fingerprint density at radius 1 is 1.04 bits per heavy atom. The Bertz CT molecular complexity index is 868. The van der Waals surface area contributed by atoms with E-state index in [1.807, 2.05) is 42.2 Å². The molecule has 3 nitrogen and oxygen atoms in total. The molecule has 0 aliphatic heterocycles. The summed E-state index contributed by atoms with van der Waals surface area (Å²) in [6.45, 7) is 0. The van der Waals surface area contributed by atoms with Crippen LogP contribution in [0.2, 0.25) is 5.02 Å². The van der Waals surface area contributed by atoms with Crippen LogP contribution in [0.5, 0.6) is 5.75 Å². The van der Waals surface area contributed by atoms with Gasteiger partial charge in [-0.1, -0.05) is 36.2 Å². The highest BCUT2D eigenvalue weighted by atomic mass is 35.5. The van der Waals surface area contributed by atoms with Crippen molar-refractivity contribution in [1.82, 2.24) is 9.55 Å². The van der Waals surface area contributed by atoms with E-state index in [9.17, 15) is 0 Å². The number of halogens is 1. The van der Waals surface area contributed by atoms with Gasteiger partial charge in [0.25, 0.3) is 0 Å². The highest BCUT2D eigenvalue weighted by Gasteiger charge is 2.21. The van der Waals surface area contributed by atoms with Gasteiger partial charge in [-0.3, -0.25) is 4.57 Å². The molecule has 1 fully saturated rings. The fourth-order valence-electron chi connectivity index (χ4n) is 3.38. The zero-order valence-corrected chi connectivity index (χ0v) is 16.3. The number of methoxy groups -OCH3 is 1. The normalized spacial score (nSPS) is 14.7. The van der Waals surface area contributed by atoms with Gasteiger partial charge in [-0.25, -0.2) is 4.98 Å². The Morgan fingerprint density at radius 3 is 2.38 bits per heavy atom. The van der Waals surface area contributed by atoms with E-state index in [1.54, 1.807) is 7.11 Å². The molecule has 0 bridgehead atoms. The maximum Gasteiger partial charge on any atom is 0.173 e. The lowest BCUT2D eigenvalue weighted by Crippen LogP contribution is -2.02. The first-order valence-electron chi connectivity index (χ1n) is 8.89. The molecule has 0 atom stereocenters. The molecule has 5 heteroatoms. The lowest BCUT2D eigenvalue weighted by atomic mass is 10.1. The number of hydrogen-bond donors (Lipinski definition) is 0. The van der Waals surface area contributed by atoms with Crippen molar-refractivity contribution in [2.45, 2.75) is 36.1 Å². The molecular formula is C21H21ClN2OS. The third kappa shape index (κ3) is 3.62. The van der Waals surface area contributed by atoms with Crippen molar-refractivity contribution >= 4 is 23.4 Å². The van der Waals surface area contributed by atoms with Crippen LogP contribution in [0.1, 0.15) is 25.7 Å². The number of hydrogen-bond acceptors (Lipinski definition) is 3. The zero-order valence-electron chi connectivity index (χ0n) is 14.7. The van der Waals surface area contributed by atoms with Crippen LogP contribution in [0.25, 0.3) is 16.9 Å². The summed E-state index contributed by atoms with van der Waals surface area (Å²) in [5.74, 6) is 0.854. The monoisotopic (exact) mass is 384 g/mol. The molecule has 1 heterocycles. The lowest BCUT2D eigenvalue weighted by Gasteiger charge is -2.14. The second-order valence-electron chi connectivity index (χ2n) is 6.49. The van der Waals surface area contributed by atoms with E-state index in [1.165, 1.54) is 25.7 Å². The Labute approximate surface area is 163 Å². The molecule has 1 aliphatic carbocycles. The third-order valence-corrected chi connectivity index (χ3v) is 6.33. The molecule has 1 saturated carbocycles. The van der Waals surface area contributed by atoms with Crippen molar-refractivity contribution in [3.8, 4) is 22.7 Å². The predicted molar refractivity (Wildman–Crippen MR) is 109 cm³/mol. The second-order valence-corrected chi connectivity index (χ2v) is 8.19. The number of imidazole rings is 1. The summed E-state index contributed by atoms with van der Waals surface area (Å²) >= 11 is 7.99. The average Bonchev–Trinajstić information content (AvgIpc) is 3.33. The Balaban J connectivity index is 1.77. The number of ether oxygens (including phenoxy) is 1. The molecule has 0 unspecified atom stereocenters. The first-order valence-corrected chi connectivity index (χ1v) is 10.1. The fourth-order valence-corrected chi connectivity index (χ4v) is 4.79. The van der Waals surface area contributed by atoms with E-state index in [0.29, 0.717) is 5.25 Å². The zero-order chi connectivity index (χ0) is 17.9. The van der Waals surface area contributed by atoms with Gasteiger partial charge in [0.2, 0.25) is 0 Å². The molecule has 4 rings (SSSR count). The number of rotatable bonds is 5. The van der Waals surface area contributed by atoms with Crippen LogP contribution < -0.4 is 4.74 Å². The molecular weight excluding hydrogens is 364 g/mol. The van der Waals surface area contributed by atoms with E-state index in [2.05, 4.69) is 28.8 Å². The molecule has 1 aliphatic rings.